The second-order valence-electron chi connectivity index (χ2n) is 10.8. The maximum absolute atomic E-state index is 2.78. The summed E-state index contributed by atoms with van der Waals surface area (Å²) in [6, 6.07) is 0. The quantitative estimate of drug-likeness (QED) is 0.580. The largest absolute Gasteiger partial charge is 0.0585 e. The van der Waals surface area contributed by atoms with Crippen LogP contribution in [0.25, 0.3) is 0 Å². The molecule has 0 saturated heterocycles. The predicted octanol–water partition coefficient (Wildman–Crippen LogP) is 4.06. The lowest BCUT2D eigenvalue weighted by molar-refractivity contribution is -0.543. The summed E-state index contributed by atoms with van der Waals surface area (Å²) >= 11 is 0. The fraction of sp³-hybridized carbons (Fsp3) is 1.00. The molecule has 0 bridgehead atoms. The molecular weight excluding hydrogens is 240 g/mol. The van der Waals surface area contributed by atoms with Gasteiger partial charge in [-0.1, -0.05) is 13.8 Å². The van der Waals surface area contributed by atoms with Gasteiger partial charge in [0.15, 0.2) is 0 Å². The molecule has 12 atom stereocenters. The fourth-order valence-corrected chi connectivity index (χ4v) is 11.3. The van der Waals surface area contributed by atoms with Gasteiger partial charge in [0.2, 0.25) is 0 Å². The highest BCUT2D eigenvalue weighted by Gasteiger charge is 2.97. The van der Waals surface area contributed by atoms with E-state index in [0.717, 1.165) is 10.8 Å². The minimum absolute atomic E-state index is 0.839. The molecule has 0 aliphatic heterocycles. The molecule has 0 N–H and O–H groups in total. The van der Waals surface area contributed by atoms with E-state index in [9.17, 15) is 0 Å². The molecule has 0 amide bonds. The average molecular weight is 266 g/mol. The van der Waals surface area contributed by atoms with Gasteiger partial charge in [-0.3, -0.25) is 0 Å². The second-order valence-corrected chi connectivity index (χ2v) is 10.8. The molecule has 0 aromatic rings. The molecule has 20 heavy (non-hydrogen) atoms. The van der Waals surface area contributed by atoms with Crippen molar-refractivity contribution in [2.45, 2.75) is 39.5 Å². The van der Waals surface area contributed by atoms with E-state index in [-0.39, 0.29) is 0 Å². The topological polar surface area (TPSA) is 0 Å². The van der Waals surface area contributed by atoms with Crippen molar-refractivity contribution in [3.05, 3.63) is 0 Å². The van der Waals surface area contributed by atoms with Crippen molar-refractivity contribution in [3.8, 4) is 0 Å². The number of fused-ring (bicyclic) bond motifs is 19. The van der Waals surface area contributed by atoms with Crippen LogP contribution >= 0.6 is 0 Å². The molecule has 106 valence electrons. The summed E-state index contributed by atoms with van der Waals surface area (Å²) in [5.74, 6) is 14.8. The third-order valence-corrected chi connectivity index (χ3v) is 12.0. The lowest BCUT2D eigenvalue weighted by Gasteiger charge is -3.01. The zero-order valence-electron chi connectivity index (χ0n) is 12.8. The van der Waals surface area contributed by atoms with Crippen molar-refractivity contribution in [1.82, 2.24) is 0 Å². The van der Waals surface area contributed by atoms with E-state index in [0.29, 0.717) is 0 Å². The molecule has 0 nitrogen and oxygen atoms in total. The highest BCUT2D eigenvalue weighted by atomic mass is 15.0. The van der Waals surface area contributed by atoms with Crippen molar-refractivity contribution in [2.24, 2.45) is 81.8 Å². The number of hydrogen-bond acceptors (Lipinski definition) is 0. The summed E-state index contributed by atoms with van der Waals surface area (Å²) < 4.78 is 0. The monoisotopic (exact) mass is 266 g/mol. The number of rotatable bonds is 0. The van der Waals surface area contributed by atoms with Crippen LogP contribution in [0, 0.1) is 81.8 Å². The van der Waals surface area contributed by atoms with Gasteiger partial charge >= 0.3 is 0 Å². The third kappa shape index (κ3) is 0.531. The van der Waals surface area contributed by atoms with Crippen LogP contribution in [0.15, 0.2) is 0 Å². The van der Waals surface area contributed by atoms with Gasteiger partial charge in [0.25, 0.3) is 0 Å². The van der Waals surface area contributed by atoms with Crippen LogP contribution in [0.2, 0.25) is 0 Å². The van der Waals surface area contributed by atoms with Gasteiger partial charge in [0, 0.05) is 0 Å². The Bertz CT molecular complexity index is 493. The molecule has 8 rings (SSSR count). The van der Waals surface area contributed by atoms with Crippen LogP contribution < -0.4 is 0 Å². The highest BCUT2D eigenvalue weighted by molar-refractivity contribution is 5.43. The van der Waals surface area contributed by atoms with Crippen LogP contribution in [0.5, 0.6) is 0 Å². The molecule has 0 radical (unpaired) electrons. The molecule has 0 heteroatoms. The first-order valence-electron chi connectivity index (χ1n) is 9.70. The Morgan fingerprint density at radius 2 is 0.750 bits per heavy atom. The molecule has 0 aromatic carbocycles. The Morgan fingerprint density at radius 1 is 0.500 bits per heavy atom. The van der Waals surface area contributed by atoms with Crippen LogP contribution in [0.3, 0.4) is 0 Å². The van der Waals surface area contributed by atoms with Gasteiger partial charge < -0.3 is 0 Å². The average Bonchev–Trinajstić information content (AvgIpc) is 2.36. The first-order valence-corrected chi connectivity index (χ1v) is 9.70. The lowest BCUT2D eigenvalue weighted by Crippen LogP contribution is -2.97. The minimum atomic E-state index is 0.839. The summed E-state index contributed by atoms with van der Waals surface area (Å²) in [5, 5.41) is 0. The van der Waals surface area contributed by atoms with Gasteiger partial charge in [-0.25, -0.2) is 0 Å². The summed E-state index contributed by atoms with van der Waals surface area (Å²) in [5.41, 5.74) is 1.68. The van der Waals surface area contributed by atoms with Crippen LogP contribution in [-0.4, -0.2) is 0 Å². The Hall–Kier alpha value is 0. The molecule has 8 fully saturated rings. The summed E-state index contributed by atoms with van der Waals surface area (Å²) in [4.78, 5) is 0. The maximum atomic E-state index is 2.78. The van der Waals surface area contributed by atoms with Gasteiger partial charge in [-0.2, -0.15) is 0 Å². The SMILES string of the molecule is CC12C3C4C5CCC5C4C3C1(C)C1C3C4CCC4C3C12. The van der Waals surface area contributed by atoms with E-state index in [1.807, 2.05) is 0 Å². The first kappa shape index (κ1) is 9.90. The van der Waals surface area contributed by atoms with E-state index >= 15 is 0 Å². The highest BCUT2D eigenvalue weighted by Crippen LogP contribution is 3.00. The molecule has 0 aromatic heterocycles. The van der Waals surface area contributed by atoms with Crippen molar-refractivity contribution in [1.29, 1.82) is 0 Å². The minimum Gasteiger partial charge on any atom is -0.0585 e. The standard InChI is InChI=1S/C20H26/c1-19-15-11-7-3-5-9(7)13(11)17(15)20(19,2)18-14-10-6-4-8(10)12(14)16(18)19/h7-18H,3-6H2,1-2H3. The van der Waals surface area contributed by atoms with Gasteiger partial charge in [-0.05, 0) is 108 Å². The van der Waals surface area contributed by atoms with Gasteiger partial charge in [-0.15, -0.1) is 0 Å². The smallest absolute Gasteiger partial charge is 0.0198 e. The summed E-state index contributed by atoms with van der Waals surface area (Å²) in [6.45, 7) is 5.56. The lowest BCUT2D eigenvalue weighted by atomic mass is 9.03. The van der Waals surface area contributed by atoms with Crippen molar-refractivity contribution in [2.75, 3.05) is 0 Å². The van der Waals surface area contributed by atoms with E-state index in [1.165, 1.54) is 71.0 Å². The van der Waals surface area contributed by atoms with Crippen molar-refractivity contribution >= 4 is 0 Å². The Balaban J connectivity index is 1.24. The van der Waals surface area contributed by atoms with E-state index in [1.54, 1.807) is 25.7 Å². The van der Waals surface area contributed by atoms with E-state index in [2.05, 4.69) is 13.8 Å². The molecule has 8 aliphatic carbocycles. The van der Waals surface area contributed by atoms with Crippen molar-refractivity contribution in [3.63, 3.8) is 0 Å². The third-order valence-electron chi connectivity index (χ3n) is 12.0. The Kier molecular flexibility index (Phi) is 1.13. The van der Waals surface area contributed by atoms with Crippen LogP contribution in [0.4, 0.5) is 0 Å². The van der Waals surface area contributed by atoms with E-state index < -0.39 is 0 Å². The molecule has 8 aliphatic rings. The predicted molar refractivity (Wildman–Crippen MR) is 76.6 cm³/mol. The van der Waals surface area contributed by atoms with Crippen molar-refractivity contribution < 1.29 is 0 Å². The Morgan fingerprint density at radius 3 is 0.950 bits per heavy atom. The second kappa shape index (κ2) is 2.28. The maximum Gasteiger partial charge on any atom is -0.0198 e. The first-order chi connectivity index (χ1) is 9.70. The normalized spacial score (nSPS) is 89.1. The van der Waals surface area contributed by atoms with Gasteiger partial charge in [0.1, 0.15) is 0 Å². The van der Waals surface area contributed by atoms with Crippen LogP contribution in [0.1, 0.15) is 39.5 Å². The summed E-state index contributed by atoms with van der Waals surface area (Å²) in [6.07, 6.45) is 6.47. The molecular formula is C20H26. The zero-order valence-corrected chi connectivity index (χ0v) is 12.8. The molecule has 8 saturated carbocycles. The van der Waals surface area contributed by atoms with E-state index in [4.69, 9.17) is 0 Å². The molecule has 0 heterocycles. The molecule has 12 unspecified atom stereocenters. The van der Waals surface area contributed by atoms with Crippen LogP contribution in [-0.2, 0) is 0 Å². The van der Waals surface area contributed by atoms with Gasteiger partial charge in [0.05, 0.1) is 0 Å². The molecule has 0 spiro atoms. The summed E-state index contributed by atoms with van der Waals surface area (Å²) in [7, 11) is 0. The zero-order chi connectivity index (χ0) is 12.8. The Labute approximate surface area is 122 Å². The number of hydrogen-bond donors (Lipinski definition) is 0. The fourth-order valence-electron chi connectivity index (χ4n) is 11.3.